The van der Waals surface area contributed by atoms with Gasteiger partial charge in [0.15, 0.2) is 5.76 Å². The molecule has 0 atom stereocenters. The smallest absolute Gasteiger partial charge is 0.305 e. The number of fused-ring (bicyclic) bond motifs is 1. The zero-order chi connectivity index (χ0) is 19.2. The predicted molar refractivity (Wildman–Crippen MR) is 101 cm³/mol. The topological polar surface area (TPSA) is 83.8 Å². The van der Waals surface area contributed by atoms with Gasteiger partial charge in [-0.15, -0.1) is 0 Å². The van der Waals surface area contributed by atoms with Crippen LogP contribution in [0.2, 0.25) is 0 Å². The van der Waals surface area contributed by atoms with Crippen molar-refractivity contribution in [3.05, 3.63) is 59.1 Å². The number of carbonyl (C=O) groups excluding carboxylic acids is 2. The first kappa shape index (κ1) is 18.7. The van der Waals surface area contributed by atoms with Crippen molar-refractivity contribution in [3.8, 4) is 5.75 Å². The van der Waals surface area contributed by atoms with E-state index in [-0.39, 0.29) is 12.4 Å². The number of hydrogen-bond donors (Lipinski definition) is 2. The van der Waals surface area contributed by atoms with Gasteiger partial charge in [0.05, 0.1) is 12.1 Å². The monoisotopic (exact) mass is 369 g/mol. The molecule has 0 saturated carbocycles. The average molecular weight is 369 g/mol. The summed E-state index contributed by atoms with van der Waals surface area (Å²) in [6.45, 7) is 6.71. The molecule has 1 aromatic heterocycles. The molecule has 27 heavy (non-hydrogen) atoms. The van der Waals surface area contributed by atoms with Gasteiger partial charge in [0.25, 0.3) is 5.91 Å². The van der Waals surface area contributed by atoms with Crippen molar-refractivity contribution < 1.29 is 18.7 Å². The zero-order valence-electron chi connectivity index (χ0n) is 15.5. The van der Waals surface area contributed by atoms with E-state index in [1.54, 1.807) is 18.2 Å². The highest BCUT2D eigenvalue weighted by Crippen LogP contribution is 2.25. The number of furan rings is 1. The van der Waals surface area contributed by atoms with E-state index in [4.69, 9.17) is 9.15 Å². The predicted octanol–water partition coefficient (Wildman–Crippen LogP) is 2.36. The number of amides is 2. The van der Waals surface area contributed by atoms with Crippen molar-refractivity contribution >= 4 is 17.9 Å². The van der Waals surface area contributed by atoms with Gasteiger partial charge in [0, 0.05) is 5.56 Å². The summed E-state index contributed by atoms with van der Waals surface area (Å²) in [7, 11) is 0. The van der Waals surface area contributed by atoms with E-state index < -0.39 is 11.8 Å². The average Bonchev–Trinajstić information content (AvgIpc) is 3.18. The summed E-state index contributed by atoms with van der Waals surface area (Å²) in [5.41, 5.74) is 6.02. The Bertz CT molecular complexity index is 852. The second-order valence-corrected chi connectivity index (χ2v) is 6.13. The first-order valence-electron chi connectivity index (χ1n) is 8.94. The molecule has 3 rings (SSSR count). The lowest BCUT2D eigenvalue weighted by atomic mass is 10.1. The van der Waals surface area contributed by atoms with Gasteiger partial charge in [-0.05, 0) is 37.4 Å². The van der Waals surface area contributed by atoms with Crippen LogP contribution in [0.3, 0.4) is 0 Å². The molecule has 0 radical (unpaired) electrons. The van der Waals surface area contributed by atoms with E-state index in [0.717, 1.165) is 24.4 Å². The van der Waals surface area contributed by atoms with Crippen molar-refractivity contribution in [3.63, 3.8) is 0 Å². The van der Waals surface area contributed by atoms with Gasteiger partial charge in [-0.2, -0.15) is 0 Å². The van der Waals surface area contributed by atoms with Crippen LogP contribution in [0.15, 0.2) is 46.4 Å². The Morgan fingerprint density at radius 3 is 2.56 bits per heavy atom. The minimum absolute atomic E-state index is 0.146. The third-order valence-corrected chi connectivity index (χ3v) is 4.37. The standard InChI is InChI=1S/C20H23N3O4/c1-3-23(4-2)12-16-9-10-18(27-16)20(25)22-21-19(24)15-11-14-7-5-6-8-17(14)26-13-15/h5-11H,3-4,12-13H2,1-2H3,(H,21,24)(H,22,25). The number of nitrogens with zero attached hydrogens (tertiary/aromatic N) is 1. The molecule has 0 bridgehead atoms. The molecular weight excluding hydrogens is 346 g/mol. The Hall–Kier alpha value is -3.06. The normalized spacial score (nSPS) is 12.8. The quantitative estimate of drug-likeness (QED) is 0.764. The number of benzene rings is 1. The maximum atomic E-state index is 12.3. The van der Waals surface area contributed by atoms with Crippen molar-refractivity contribution in [2.24, 2.45) is 0 Å². The largest absolute Gasteiger partial charge is 0.488 e. The molecule has 0 fully saturated rings. The van der Waals surface area contributed by atoms with Crippen LogP contribution in [-0.4, -0.2) is 36.4 Å². The number of nitrogens with one attached hydrogen (secondary N) is 2. The molecule has 2 amide bonds. The number of para-hydroxylation sites is 1. The number of rotatable bonds is 6. The second kappa shape index (κ2) is 8.55. The Balaban J connectivity index is 1.56. The molecule has 7 nitrogen and oxygen atoms in total. The summed E-state index contributed by atoms with van der Waals surface area (Å²) in [5, 5.41) is 0. The summed E-state index contributed by atoms with van der Waals surface area (Å²) in [6.07, 6.45) is 1.75. The molecule has 0 saturated heterocycles. The molecule has 142 valence electrons. The minimum atomic E-state index is -0.508. The van der Waals surface area contributed by atoms with Gasteiger partial charge in [0.2, 0.25) is 0 Å². The van der Waals surface area contributed by atoms with Gasteiger partial charge in [0.1, 0.15) is 18.1 Å². The van der Waals surface area contributed by atoms with E-state index in [0.29, 0.717) is 17.9 Å². The number of carbonyl (C=O) groups is 2. The van der Waals surface area contributed by atoms with Gasteiger partial charge < -0.3 is 9.15 Å². The molecule has 2 aromatic rings. The summed E-state index contributed by atoms with van der Waals surface area (Å²) in [5.74, 6) is 0.654. The Kier molecular flexibility index (Phi) is 5.93. The van der Waals surface area contributed by atoms with E-state index in [9.17, 15) is 9.59 Å². The van der Waals surface area contributed by atoms with E-state index >= 15 is 0 Å². The highest BCUT2D eigenvalue weighted by atomic mass is 16.5. The SMILES string of the molecule is CCN(CC)Cc1ccc(C(=O)NNC(=O)C2=Cc3ccccc3OC2)o1. The summed E-state index contributed by atoms with van der Waals surface area (Å²) in [4.78, 5) is 26.6. The molecule has 1 aliphatic rings. The first-order valence-corrected chi connectivity index (χ1v) is 8.94. The number of hydrogen-bond acceptors (Lipinski definition) is 5. The third kappa shape index (κ3) is 4.57. The summed E-state index contributed by atoms with van der Waals surface area (Å²) in [6, 6.07) is 10.8. The van der Waals surface area contributed by atoms with Crippen LogP contribution in [-0.2, 0) is 11.3 Å². The van der Waals surface area contributed by atoms with Crippen molar-refractivity contribution in [1.82, 2.24) is 15.8 Å². The minimum Gasteiger partial charge on any atom is -0.488 e. The maximum Gasteiger partial charge on any atom is 0.305 e. The highest BCUT2D eigenvalue weighted by molar-refractivity contribution is 6.01. The van der Waals surface area contributed by atoms with Crippen LogP contribution in [0.25, 0.3) is 6.08 Å². The van der Waals surface area contributed by atoms with Crippen molar-refractivity contribution in [1.29, 1.82) is 0 Å². The fourth-order valence-corrected chi connectivity index (χ4v) is 2.76. The molecule has 0 aliphatic carbocycles. The lowest BCUT2D eigenvalue weighted by Gasteiger charge is -2.17. The molecule has 1 aromatic carbocycles. The fourth-order valence-electron chi connectivity index (χ4n) is 2.76. The lowest BCUT2D eigenvalue weighted by molar-refractivity contribution is -0.118. The van der Waals surface area contributed by atoms with E-state index in [1.807, 2.05) is 24.3 Å². The van der Waals surface area contributed by atoms with Crippen molar-refractivity contribution in [2.75, 3.05) is 19.7 Å². The van der Waals surface area contributed by atoms with Crippen LogP contribution in [0, 0.1) is 0 Å². The van der Waals surface area contributed by atoms with E-state index in [2.05, 4.69) is 29.6 Å². The second-order valence-electron chi connectivity index (χ2n) is 6.13. The third-order valence-electron chi connectivity index (χ3n) is 4.37. The summed E-state index contributed by atoms with van der Waals surface area (Å²) >= 11 is 0. The van der Waals surface area contributed by atoms with Crippen LogP contribution >= 0.6 is 0 Å². The Morgan fingerprint density at radius 2 is 1.78 bits per heavy atom. The van der Waals surface area contributed by atoms with Gasteiger partial charge in [-0.3, -0.25) is 25.3 Å². The molecule has 1 aliphatic heterocycles. The van der Waals surface area contributed by atoms with Crippen LogP contribution in [0.4, 0.5) is 0 Å². The zero-order valence-corrected chi connectivity index (χ0v) is 15.5. The number of hydrazine groups is 1. The summed E-state index contributed by atoms with van der Waals surface area (Å²) < 4.78 is 11.1. The number of ether oxygens (including phenoxy) is 1. The molecular formula is C20H23N3O4. The lowest BCUT2D eigenvalue weighted by Crippen LogP contribution is -2.43. The van der Waals surface area contributed by atoms with Crippen molar-refractivity contribution in [2.45, 2.75) is 20.4 Å². The molecule has 2 heterocycles. The van der Waals surface area contributed by atoms with Crippen LogP contribution < -0.4 is 15.6 Å². The first-order chi connectivity index (χ1) is 13.1. The molecule has 7 heteroatoms. The Labute approximate surface area is 158 Å². The molecule has 0 unspecified atom stereocenters. The maximum absolute atomic E-state index is 12.3. The highest BCUT2D eigenvalue weighted by Gasteiger charge is 2.18. The van der Waals surface area contributed by atoms with Gasteiger partial charge in [-0.1, -0.05) is 32.0 Å². The molecule has 2 N–H and O–H groups in total. The molecule has 0 spiro atoms. The van der Waals surface area contributed by atoms with Gasteiger partial charge in [-0.25, -0.2) is 0 Å². The van der Waals surface area contributed by atoms with Gasteiger partial charge >= 0.3 is 5.91 Å². The fraction of sp³-hybridized carbons (Fsp3) is 0.300. The van der Waals surface area contributed by atoms with Crippen LogP contribution in [0.1, 0.15) is 35.7 Å². The Morgan fingerprint density at radius 1 is 1.04 bits per heavy atom. The van der Waals surface area contributed by atoms with Crippen LogP contribution in [0.5, 0.6) is 5.75 Å². The van der Waals surface area contributed by atoms with E-state index in [1.165, 1.54) is 0 Å².